The first kappa shape index (κ1) is 14.0. The van der Waals surface area contributed by atoms with Crippen molar-refractivity contribution in [2.24, 2.45) is 0 Å². The van der Waals surface area contributed by atoms with Crippen LogP contribution in [-0.2, 0) is 6.54 Å². The molecule has 7 heteroatoms. The van der Waals surface area contributed by atoms with Crippen molar-refractivity contribution in [1.82, 2.24) is 24.3 Å². The van der Waals surface area contributed by atoms with Crippen molar-refractivity contribution in [3.05, 3.63) is 60.2 Å². The fraction of sp³-hybridized carbons (Fsp3) is 0.200. The summed E-state index contributed by atoms with van der Waals surface area (Å²) in [5.74, 6) is 0.639. The maximum Gasteiger partial charge on any atom is 0.331 e. The molecule has 0 saturated carbocycles. The van der Waals surface area contributed by atoms with Gasteiger partial charge in [-0.2, -0.15) is 5.10 Å². The number of aryl methyl sites for hydroxylation is 1. The van der Waals surface area contributed by atoms with E-state index in [-0.39, 0.29) is 6.03 Å². The summed E-state index contributed by atoms with van der Waals surface area (Å²) in [7, 11) is 0. The summed E-state index contributed by atoms with van der Waals surface area (Å²) >= 11 is 0. The van der Waals surface area contributed by atoms with Crippen molar-refractivity contribution in [2.75, 3.05) is 5.32 Å². The second kappa shape index (κ2) is 5.80. The van der Waals surface area contributed by atoms with Gasteiger partial charge >= 0.3 is 6.03 Å². The van der Waals surface area contributed by atoms with Crippen molar-refractivity contribution in [2.45, 2.75) is 20.4 Å². The molecule has 0 aromatic carbocycles. The van der Waals surface area contributed by atoms with E-state index >= 15 is 0 Å². The number of rotatable bonds is 3. The summed E-state index contributed by atoms with van der Waals surface area (Å²) in [6, 6.07) is 5.14. The van der Waals surface area contributed by atoms with Crippen LogP contribution in [-0.4, -0.2) is 30.3 Å². The molecular formula is C15H16N6O. The Labute approximate surface area is 127 Å². The molecule has 1 N–H and O–H groups in total. The Morgan fingerprint density at radius 2 is 2.14 bits per heavy atom. The predicted molar refractivity (Wildman–Crippen MR) is 81.7 cm³/mol. The summed E-state index contributed by atoms with van der Waals surface area (Å²) in [5.41, 5.74) is 2.27. The van der Waals surface area contributed by atoms with E-state index in [0.717, 1.165) is 11.4 Å². The fourth-order valence-corrected chi connectivity index (χ4v) is 2.21. The van der Waals surface area contributed by atoms with Crippen molar-refractivity contribution in [3.8, 4) is 0 Å². The largest absolute Gasteiger partial charge is 0.331 e. The molecule has 0 radical (unpaired) electrons. The summed E-state index contributed by atoms with van der Waals surface area (Å²) in [6.45, 7) is 4.19. The number of hydrogen-bond acceptors (Lipinski definition) is 4. The SMILES string of the molecule is Cc1nc(Cn2cccn2)n(C(=O)Nc2cccnc2)c1C. The Morgan fingerprint density at radius 1 is 1.27 bits per heavy atom. The molecule has 0 atom stereocenters. The van der Waals surface area contributed by atoms with E-state index in [0.29, 0.717) is 18.1 Å². The van der Waals surface area contributed by atoms with Gasteiger partial charge in [-0.15, -0.1) is 0 Å². The first-order valence-electron chi connectivity index (χ1n) is 6.89. The van der Waals surface area contributed by atoms with Gasteiger partial charge in [0.05, 0.1) is 24.1 Å². The lowest BCUT2D eigenvalue weighted by Gasteiger charge is -2.10. The van der Waals surface area contributed by atoms with Gasteiger partial charge < -0.3 is 5.32 Å². The molecule has 1 amide bonds. The number of nitrogens with zero attached hydrogens (tertiary/aromatic N) is 5. The third-order valence-electron chi connectivity index (χ3n) is 3.39. The highest BCUT2D eigenvalue weighted by Gasteiger charge is 2.17. The minimum atomic E-state index is -0.256. The summed E-state index contributed by atoms with van der Waals surface area (Å²) < 4.78 is 3.30. The van der Waals surface area contributed by atoms with Gasteiger partial charge in [-0.3, -0.25) is 14.2 Å². The highest BCUT2D eigenvalue weighted by molar-refractivity contribution is 5.91. The van der Waals surface area contributed by atoms with Crippen molar-refractivity contribution in [3.63, 3.8) is 0 Å². The third-order valence-corrected chi connectivity index (χ3v) is 3.39. The number of imidazole rings is 1. The van der Waals surface area contributed by atoms with Crippen LogP contribution in [0.25, 0.3) is 0 Å². The van der Waals surface area contributed by atoms with E-state index in [1.807, 2.05) is 26.1 Å². The highest BCUT2D eigenvalue weighted by Crippen LogP contribution is 2.13. The van der Waals surface area contributed by atoms with Crippen LogP contribution in [0.4, 0.5) is 10.5 Å². The minimum Gasteiger partial charge on any atom is -0.306 e. The van der Waals surface area contributed by atoms with Crippen LogP contribution >= 0.6 is 0 Å². The van der Waals surface area contributed by atoms with Crippen molar-refractivity contribution >= 4 is 11.7 Å². The second-order valence-corrected chi connectivity index (χ2v) is 4.91. The molecule has 0 aliphatic rings. The van der Waals surface area contributed by atoms with Crippen LogP contribution < -0.4 is 5.32 Å². The normalized spacial score (nSPS) is 10.6. The van der Waals surface area contributed by atoms with Gasteiger partial charge in [-0.25, -0.2) is 9.78 Å². The third kappa shape index (κ3) is 2.73. The number of pyridine rings is 1. The van der Waals surface area contributed by atoms with E-state index in [1.165, 1.54) is 0 Å². The molecule has 3 aromatic heterocycles. The summed E-state index contributed by atoms with van der Waals surface area (Å²) in [5, 5.41) is 6.98. The van der Waals surface area contributed by atoms with Crippen LogP contribution in [0.15, 0.2) is 43.0 Å². The standard InChI is InChI=1S/C15H16N6O/c1-11-12(2)21(14(18-11)10-20-8-4-7-17-20)15(22)19-13-5-3-6-16-9-13/h3-9H,10H2,1-2H3,(H,19,22). The molecule has 0 fully saturated rings. The average Bonchev–Trinajstić information content (AvgIpc) is 3.10. The van der Waals surface area contributed by atoms with Gasteiger partial charge in [0.25, 0.3) is 0 Å². The smallest absolute Gasteiger partial charge is 0.306 e. The molecule has 0 unspecified atom stereocenters. The predicted octanol–water partition coefficient (Wildman–Crippen LogP) is 2.22. The van der Waals surface area contributed by atoms with Gasteiger partial charge in [0.1, 0.15) is 5.82 Å². The lowest BCUT2D eigenvalue weighted by atomic mass is 10.4. The molecule has 0 bridgehead atoms. The molecule has 112 valence electrons. The first-order chi connectivity index (χ1) is 10.6. The van der Waals surface area contributed by atoms with Gasteiger partial charge in [0, 0.05) is 24.3 Å². The van der Waals surface area contributed by atoms with Crippen LogP contribution in [0, 0.1) is 13.8 Å². The van der Waals surface area contributed by atoms with E-state index in [4.69, 9.17) is 0 Å². The highest BCUT2D eigenvalue weighted by atomic mass is 16.2. The summed E-state index contributed by atoms with van der Waals surface area (Å²) in [6.07, 6.45) is 6.79. The number of anilines is 1. The van der Waals surface area contributed by atoms with E-state index < -0.39 is 0 Å². The van der Waals surface area contributed by atoms with Crippen molar-refractivity contribution < 1.29 is 4.79 Å². The average molecular weight is 296 g/mol. The van der Waals surface area contributed by atoms with Crippen molar-refractivity contribution in [1.29, 1.82) is 0 Å². The number of amides is 1. The molecular weight excluding hydrogens is 280 g/mol. The van der Waals surface area contributed by atoms with Gasteiger partial charge in [-0.1, -0.05) is 0 Å². The topological polar surface area (TPSA) is 77.6 Å². The number of aromatic nitrogens is 5. The fourth-order valence-electron chi connectivity index (χ4n) is 2.21. The van der Waals surface area contributed by atoms with E-state index in [9.17, 15) is 4.79 Å². The zero-order chi connectivity index (χ0) is 15.5. The molecule has 3 rings (SSSR count). The minimum absolute atomic E-state index is 0.256. The monoisotopic (exact) mass is 296 g/mol. The van der Waals surface area contributed by atoms with E-state index in [2.05, 4.69) is 20.4 Å². The van der Waals surface area contributed by atoms with Crippen LogP contribution in [0.5, 0.6) is 0 Å². The second-order valence-electron chi connectivity index (χ2n) is 4.91. The van der Waals surface area contributed by atoms with Gasteiger partial charge in [-0.05, 0) is 32.0 Å². The molecule has 0 saturated heterocycles. The summed E-state index contributed by atoms with van der Waals surface area (Å²) in [4.78, 5) is 21.0. The first-order valence-corrected chi connectivity index (χ1v) is 6.89. The van der Waals surface area contributed by atoms with Gasteiger partial charge in [0.2, 0.25) is 0 Å². The molecule has 3 heterocycles. The maximum absolute atomic E-state index is 12.6. The van der Waals surface area contributed by atoms with Crippen LogP contribution in [0.3, 0.4) is 0 Å². The zero-order valence-electron chi connectivity index (χ0n) is 12.4. The molecule has 22 heavy (non-hydrogen) atoms. The Balaban J connectivity index is 1.90. The Morgan fingerprint density at radius 3 is 2.82 bits per heavy atom. The maximum atomic E-state index is 12.6. The number of carbonyl (C=O) groups is 1. The van der Waals surface area contributed by atoms with E-state index in [1.54, 1.807) is 40.0 Å². The van der Waals surface area contributed by atoms with Gasteiger partial charge in [0.15, 0.2) is 0 Å². The number of carbonyl (C=O) groups excluding carboxylic acids is 1. The number of nitrogens with one attached hydrogen (secondary N) is 1. The molecule has 3 aromatic rings. The number of hydrogen-bond donors (Lipinski definition) is 1. The zero-order valence-corrected chi connectivity index (χ0v) is 12.4. The molecule has 0 spiro atoms. The van der Waals surface area contributed by atoms with Crippen LogP contribution in [0.2, 0.25) is 0 Å². The Bertz CT molecular complexity index is 776. The quantitative estimate of drug-likeness (QED) is 0.804. The molecule has 7 nitrogen and oxygen atoms in total. The molecule has 0 aliphatic carbocycles. The Kier molecular flexibility index (Phi) is 3.69. The Hall–Kier alpha value is -2.96. The van der Waals surface area contributed by atoms with Crippen LogP contribution in [0.1, 0.15) is 17.2 Å². The lowest BCUT2D eigenvalue weighted by Crippen LogP contribution is -2.24. The lowest BCUT2D eigenvalue weighted by molar-refractivity contribution is 0.252. The molecule has 0 aliphatic heterocycles.